The van der Waals surface area contributed by atoms with Gasteiger partial charge in [-0.2, -0.15) is 5.26 Å². The molecular formula is C10H10FN3O. The van der Waals surface area contributed by atoms with Gasteiger partial charge in [0.15, 0.2) is 0 Å². The minimum atomic E-state index is -0.495. The molecule has 0 aliphatic rings. The van der Waals surface area contributed by atoms with Gasteiger partial charge in [-0.15, -0.1) is 0 Å². The topological polar surface area (TPSA) is 78.9 Å². The number of carbonyl (C=O) groups is 1. The van der Waals surface area contributed by atoms with Crippen molar-refractivity contribution >= 4 is 5.91 Å². The van der Waals surface area contributed by atoms with Gasteiger partial charge >= 0.3 is 0 Å². The van der Waals surface area contributed by atoms with Gasteiger partial charge in [-0.3, -0.25) is 4.79 Å². The molecule has 5 heteroatoms. The third-order valence-corrected chi connectivity index (χ3v) is 1.80. The number of amides is 1. The minimum absolute atomic E-state index is 0.00137. The van der Waals surface area contributed by atoms with Gasteiger partial charge in [-0.05, 0) is 23.8 Å². The Balaban J connectivity index is 2.71. The van der Waals surface area contributed by atoms with Crippen molar-refractivity contribution in [2.24, 2.45) is 5.73 Å². The summed E-state index contributed by atoms with van der Waals surface area (Å²) in [5.74, 6) is -0.908. The quantitative estimate of drug-likeness (QED) is 0.743. The van der Waals surface area contributed by atoms with Crippen molar-refractivity contribution in [3.63, 3.8) is 0 Å². The molecule has 0 spiro atoms. The lowest BCUT2D eigenvalue weighted by atomic mass is 10.1. The standard InChI is InChI=1S/C10H10FN3O/c11-9-2-1-7(4-12)8(3-9)5-14-6-10(13)15/h1-3,14H,5-6H2,(H2,13,15). The number of nitrogens with two attached hydrogens (primary N) is 1. The summed E-state index contributed by atoms with van der Waals surface area (Å²) < 4.78 is 12.8. The predicted octanol–water partition coefficient (Wildman–Crippen LogP) is 0.272. The normalized spacial score (nSPS) is 9.60. The highest BCUT2D eigenvalue weighted by molar-refractivity contribution is 5.75. The van der Waals surface area contributed by atoms with E-state index in [9.17, 15) is 9.18 Å². The van der Waals surface area contributed by atoms with Crippen LogP contribution in [0.15, 0.2) is 18.2 Å². The van der Waals surface area contributed by atoms with Crippen LogP contribution < -0.4 is 11.1 Å². The summed E-state index contributed by atoms with van der Waals surface area (Å²) in [5.41, 5.74) is 5.81. The van der Waals surface area contributed by atoms with Crippen LogP contribution in [0.1, 0.15) is 11.1 Å². The smallest absolute Gasteiger partial charge is 0.231 e. The van der Waals surface area contributed by atoms with E-state index in [-0.39, 0.29) is 13.1 Å². The second kappa shape index (κ2) is 5.08. The van der Waals surface area contributed by atoms with Crippen LogP contribution >= 0.6 is 0 Å². The Kier molecular flexibility index (Phi) is 3.77. The number of carbonyl (C=O) groups excluding carboxylic acids is 1. The summed E-state index contributed by atoms with van der Waals surface area (Å²) in [6, 6.07) is 5.81. The molecule has 15 heavy (non-hydrogen) atoms. The fourth-order valence-corrected chi connectivity index (χ4v) is 1.14. The predicted molar refractivity (Wildman–Crippen MR) is 52.0 cm³/mol. The highest BCUT2D eigenvalue weighted by atomic mass is 19.1. The summed E-state index contributed by atoms with van der Waals surface area (Å²) in [6.07, 6.45) is 0. The van der Waals surface area contributed by atoms with Crippen LogP contribution in [0.2, 0.25) is 0 Å². The van der Waals surface area contributed by atoms with Crippen molar-refractivity contribution in [2.45, 2.75) is 6.54 Å². The van der Waals surface area contributed by atoms with E-state index in [1.165, 1.54) is 18.2 Å². The Morgan fingerprint density at radius 3 is 2.93 bits per heavy atom. The second-order valence-corrected chi connectivity index (χ2v) is 2.98. The first-order chi connectivity index (χ1) is 7.13. The molecule has 1 rings (SSSR count). The molecule has 1 aromatic carbocycles. The number of hydrogen-bond donors (Lipinski definition) is 2. The third kappa shape index (κ3) is 3.37. The molecule has 1 aromatic rings. The Morgan fingerprint density at radius 2 is 2.33 bits per heavy atom. The number of nitriles is 1. The number of benzene rings is 1. The molecule has 0 bridgehead atoms. The first-order valence-electron chi connectivity index (χ1n) is 4.31. The average molecular weight is 207 g/mol. The fraction of sp³-hybridized carbons (Fsp3) is 0.200. The van der Waals surface area contributed by atoms with Crippen molar-refractivity contribution in [3.05, 3.63) is 35.1 Å². The van der Waals surface area contributed by atoms with Crippen LogP contribution in [0.4, 0.5) is 4.39 Å². The van der Waals surface area contributed by atoms with Crippen molar-refractivity contribution in [1.82, 2.24) is 5.32 Å². The maximum absolute atomic E-state index is 12.8. The molecule has 0 unspecified atom stereocenters. The molecular weight excluding hydrogens is 197 g/mol. The van der Waals surface area contributed by atoms with E-state index in [1.807, 2.05) is 6.07 Å². The van der Waals surface area contributed by atoms with E-state index >= 15 is 0 Å². The van der Waals surface area contributed by atoms with E-state index in [4.69, 9.17) is 11.0 Å². The van der Waals surface area contributed by atoms with E-state index in [1.54, 1.807) is 0 Å². The first kappa shape index (κ1) is 11.1. The Morgan fingerprint density at radius 1 is 1.60 bits per heavy atom. The van der Waals surface area contributed by atoms with Crippen molar-refractivity contribution in [1.29, 1.82) is 5.26 Å². The molecule has 4 nitrogen and oxygen atoms in total. The lowest BCUT2D eigenvalue weighted by Crippen LogP contribution is -2.28. The first-order valence-corrected chi connectivity index (χ1v) is 4.31. The minimum Gasteiger partial charge on any atom is -0.369 e. The molecule has 0 radical (unpaired) electrons. The number of nitrogens with one attached hydrogen (secondary N) is 1. The van der Waals surface area contributed by atoms with Crippen LogP contribution in [0, 0.1) is 17.1 Å². The van der Waals surface area contributed by atoms with E-state index < -0.39 is 11.7 Å². The molecule has 78 valence electrons. The fourth-order valence-electron chi connectivity index (χ4n) is 1.14. The summed E-state index contributed by atoms with van der Waals surface area (Å²) in [6.45, 7) is 0.241. The molecule has 0 aromatic heterocycles. The molecule has 0 aliphatic heterocycles. The van der Waals surface area contributed by atoms with Crippen molar-refractivity contribution in [3.8, 4) is 6.07 Å². The number of hydrogen-bond acceptors (Lipinski definition) is 3. The maximum atomic E-state index is 12.8. The highest BCUT2D eigenvalue weighted by Crippen LogP contribution is 2.09. The molecule has 0 saturated heterocycles. The van der Waals surface area contributed by atoms with Gasteiger partial charge in [0.2, 0.25) is 5.91 Å². The monoisotopic (exact) mass is 207 g/mol. The average Bonchev–Trinajstić information content (AvgIpc) is 2.17. The van der Waals surface area contributed by atoms with E-state index in [2.05, 4.69) is 5.32 Å². The van der Waals surface area contributed by atoms with Crippen LogP contribution in [0.25, 0.3) is 0 Å². The zero-order valence-corrected chi connectivity index (χ0v) is 7.96. The highest BCUT2D eigenvalue weighted by Gasteiger charge is 2.03. The van der Waals surface area contributed by atoms with Gasteiger partial charge in [-0.1, -0.05) is 0 Å². The zero-order chi connectivity index (χ0) is 11.3. The summed E-state index contributed by atoms with van der Waals surface area (Å²) in [5, 5.41) is 11.4. The SMILES string of the molecule is N#Cc1ccc(F)cc1CNCC(N)=O. The molecule has 0 aliphatic carbocycles. The maximum Gasteiger partial charge on any atom is 0.231 e. The van der Waals surface area contributed by atoms with Gasteiger partial charge in [-0.25, -0.2) is 4.39 Å². The van der Waals surface area contributed by atoms with Gasteiger partial charge < -0.3 is 11.1 Å². The number of primary amides is 1. The molecule has 1 amide bonds. The van der Waals surface area contributed by atoms with Gasteiger partial charge in [0.25, 0.3) is 0 Å². The van der Waals surface area contributed by atoms with Gasteiger partial charge in [0, 0.05) is 6.54 Å². The van der Waals surface area contributed by atoms with Crippen LogP contribution in [-0.2, 0) is 11.3 Å². The third-order valence-electron chi connectivity index (χ3n) is 1.80. The van der Waals surface area contributed by atoms with Crippen LogP contribution in [-0.4, -0.2) is 12.5 Å². The van der Waals surface area contributed by atoms with Crippen LogP contribution in [0.3, 0.4) is 0 Å². The molecule has 0 fully saturated rings. The lowest BCUT2D eigenvalue weighted by Gasteiger charge is -2.04. The molecule has 3 N–H and O–H groups in total. The largest absolute Gasteiger partial charge is 0.369 e. The Labute approximate surface area is 86.5 Å². The Hall–Kier alpha value is -1.93. The Bertz CT molecular complexity index is 412. The van der Waals surface area contributed by atoms with E-state index in [0.29, 0.717) is 11.1 Å². The van der Waals surface area contributed by atoms with Gasteiger partial charge in [0.05, 0.1) is 18.2 Å². The van der Waals surface area contributed by atoms with Crippen molar-refractivity contribution < 1.29 is 9.18 Å². The number of rotatable bonds is 4. The zero-order valence-electron chi connectivity index (χ0n) is 7.96. The molecule has 0 atom stereocenters. The van der Waals surface area contributed by atoms with Crippen molar-refractivity contribution in [2.75, 3.05) is 6.54 Å². The number of nitrogens with zero attached hydrogens (tertiary/aromatic N) is 1. The second-order valence-electron chi connectivity index (χ2n) is 2.98. The summed E-state index contributed by atoms with van der Waals surface area (Å²) in [7, 11) is 0. The van der Waals surface area contributed by atoms with Gasteiger partial charge in [0.1, 0.15) is 5.82 Å². The number of halogens is 1. The molecule has 0 heterocycles. The van der Waals surface area contributed by atoms with Crippen LogP contribution in [0.5, 0.6) is 0 Å². The van der Waals surface area contributed by atoms with E-state index in [0.717, 1.165) is 0 Å². The molecule has 0 saturated carbocycles. The summed E-state index contributed by atoms with van der Waals surface area (Å²) in [4.78, 5) is 10.4. The summed E-state index contributed by atoms with van der Waals surface area (Å²) >= 11 is 0. The lowest BCUT2D eigenvalue weighted by molar-refractivity contribution is -0.117.